The van der Waals surface area contributed by atoms with Crippen LogP contribution < -0.4 is 9.47 Å². The molecule has 1 aliphatic heterocycles. The highest BCUT2D eigenvalue weighted by molar-refractivity contribution is 6.32. The largest absolute Gasteiger partial charge is 0.493 e. The van der Waals surface area contributed by atoms with Crippen molar-refractivity contribution >= 4 is 34.8 Å². The summed E-state index contributed by atoms with van der Waals surface area (Å²) in [6, 6.07) is 11.1. The zero-order valence-corrected chi connectivity index (χ0v) is 24.9. The Morgan fingerprint density at radius 3 is 1.97 bits per heavy atom. The number of carbonyl (C=O) groups excluding carboxylic acids is 2. The molecule has 0 saturated carbocycles. The highest BCUT2D eigenvalue weighted by Gasteiger charge is 2.48. The number of methoxy groups -OCH3 is 1. The van der Waals surface area contributed by atoms with E-state index in [0.29, 0.717) is 45.5 Å². The molecule has 0 bridgehead atoms. The topological polar surface area (TPSA) is 55.8 Å². The van der Waals surface area contributed by atoms with Gasteiger partial charge in [-0.2, -0.15) is 0 Å². The van der Waals surface area contributed by atoms with Crippen LogP contribution in [0.4, 0.5) is 0 Å². The fourth-order valence-corrected chi connectivity index (χ4v) is 6.77. The summed E-state index contributed by atoms with van der Waals surface area (Å²) in [7, 11) is 3.56. The molecule has 0 unspecified atom stereocenters. The van der Waals surface area contributed by atoms with Crippen molar-refractivity contribution < 1.29 is 19.1 Å². The smallest absolute Gasteiger partial charge is 0.180 e. The van der Waals surface area contributed by atoms with Crippen molar-refractivity contribution in [3.63, 3.8) is 0 Å². The Labute approximate surface area is 240 Å². The number of benzene rings is 2. The normalized spacial score (nSPS) is 20.7. The molecule has 0 aromatic heterocycles. The minimum absolute atomic E-state index is 0.0800. The maximum absolute atomic E-state index is 13.8. The fourth-order valence-electron chi connectivity index (χ4n) is 6.31. The molecule has 0 spiro atoms. The predicted molar refractivity (Wildman–Crippen MR) is 154 cm³/mol. The number of ether oxygens (including phenoxy) is 2. The van der Waals surface area contributed by atoms with E-state index in [1.165, 1.54) is 0 Å². The molecular weight excluding hydrogens is 533 g/mol. The lowest BCUT2D eigenvalue weighted by atomic mass is 9.63. The zero-order chi connectivity index (χ0) is 28.3. The molecule has 206 valence electrons. The molecule has 5 nitrogen and oxygen atoms in total. The number of Topliss-reactive ketones (excluding diaryl/α,β-unsaturated/α-hetero) is 2. The minimum atomic E-state index is -0.498. The van der Waals surface area contributed by atoms with Gasteiger partial charge in [0, 0.05) is 58.9 Å². The number of carbonyl (C=O) groups is 2. The van der Waals surface area contributed by atoms with Crippen LogP contribution in [0.25, 0.3) is 0 Å². The van der Waals surface area contributed by atoms with Crippen LogP contribution in [0.3, 0.4) is 0 Å². The molecular formula is C32H35Cl2NO4. The van der Waals surface area contributed by atoms with Crippen molar-refractivity contribution in [3.8, 4) is 11.5 Å². The first-order valence-corrected chi connectivity index (χ1v) is 14.1. The van der Waals surface area contributed by atoms with Crippen LogP contribution in [0.5, 0.6) is 11.5 Å². The number of rotatable bonds is 5. The van der Waals surface area contributed by atoms with Gasteiger partial charge in [0.15, 0.2) is 23.1 Å². The van der Waals surface area contributed by atoms with Gasteiger partial charge in [0.05, 0.1) is 12.1 Å². The summed E-state index contributed by atoms with van der Waals surface area (Å²) in [6.45, 7) is 8.73. The van der Waals surface area contributed by atoms with Crippen molar-refractivity contribution in [2.45, 2.75) is 65.9 Å². The first kappa shape index (κ1) is 27.8. The van der Waals surface area contributed by atoms with Gasteiger partial charge in [-0.3, -0.25) is 9.59 Å². The van der Waals surface area contributed by atoms with Crippen molar-refractivity contribution in [2.24, 2.45) is 10.8 Å². The van der Waals surface area contributed by atoms with Crippen molar-refractivity contribution in [1.29, 1.82) is 0 Å². The molecule has 0 atom stereocenters. The van der Waals surface area contributed by atoms with Crippen LogP contribution in [-0.2, 0) is 16.2 Å². The molecule has 1 heterocycles. The van der Waals surface area contributed by atoms with Crippen LogP contribution in [-0.4, -0.2) is 30.6 Å². The Balaban J connectivity index is 1.63. The molecule has 0 fully saturated rings. The number of allylic oxidation sites excluding steroid dienone is 4. The summed E-state index contributed by atoms with van der Waals surface area (Å²) in [6.07, 6.45) is 2.39. The summed E-state index contributed by atoms with van der Waals surface area (Å²) in [5.74, 6) is 0.501. The van der Waals surface area contributed by atoms with Gasteiger partial charge in [0.25, 0.3) is 0 Å². The Morgan fingerprint density at radius 2 is 1.44 bits per heavy atom. The molecule has 0 amide bonds. The maximum atomic E-state index is 13.8. The van der Waals surface area contributed by atoms with Crippen molar-refractivity contribution in [3.05, 3.63) is 80.1 Å². The molecule has 0 radical (unpaired) electrons. The third-order valence-corrected chi connectivity index (χ3v) is 8.74. The first-order chi connectivity index (χ1) is 18.3. The third-order valence-electron chi connectivity index (χ3n) is 8.09. The Bertz CT molecular complexity index is 1380. The van der Waals surface area contributed by atoms with Gasteiger partial charge in [-0.25, -0.2) is 0 Å². The summed E-state index contributed by atoms with van der Waals surface area (Å²) in [5.41, 5.74) is 4.67. The van der Waals surface area contributed by atoms with Gasteiger partial charge < -0.3 is 14.4 Å². The quantitative estimate of drug-likeness (QED) is 0.367. The van der Waals surface area contributed by atoms with E-state index >= 15 is 0 Å². The monoisotopic (exact) mass is 567 g/mol. The lowest BCUT2D eigenvalue weighted by molar-refractivity contribution is -0.119. The number of nitrogens with zero attached hydrogens (tertiary/aromatic N) is 1. The van der Waals surface area contributed by atoms with E-state index < -0.39 is 5.92 Å². The highest BCUT2D eigenvalue weighted by Crippen LogP contribution is 2.55. The fraction of sp³-hybridized carbons (Fsp3) is 0.438. The summed E-state index contributed by atoms with van der Waals surface area (Å²) in [5, 5.41) is 0.957. The van der Waals surface area contributed by atoms with Gasteiger partial charge in [0.2, 0.25) is 0 Å². The van der Waals surface area contributed by atoms with E-state index in [-0.39, 0.29) is 29.0 Å². The second-order valence-electron chi connectivity index (χ2n) is 12.5. The van der Waals surface area contributed by atoms with E-state index in [1.807, 2.05) is 43.4 Å². The maximum Gasteiger partial charge on any atom is 0.180 e. The average Bonchev–Trinajstić information content (AvgIpc) is 2.84. The van der Waals surface area contributed by atoms with Gasteiger partial charge >= 0.3 is 0 Å². The Morgan fingerprint density at radius 1 is 0.872 bits per heavy atom. The molecule has 2 aromatic carbocycles. The molecule has 3 aliphatic rings. The van der Waals surface area contributed by atoms with E-state index in [2.05, 4.69) is 32.6 Å². The second-order valence-corrected chi connectivity index (χ2v) is 13.3. The molecule has 0 saturated heterocycles. The van der Waals surface area contributed by atoms with Crippen LogP contribution in [0.15, 0.2) is 58.9 Å². The zero-order valence-electron chi connectivity index (χ0n) is 23.4. The Hall–Kier alpha value is -2.76. The standard InChI is InChI=1S/C32H35Cl2NO4/c1-31(2)13-22-28(24(36)15-31)27(29-23(35(22)5)14-32(3,4)16-25(29)37)19-11-21(34)30(26(12-19)38-6)39-17-18-9-7-8-10-20(18)33/h7-12,27H,13-17H2,1-6H3. The van der Waals surface area contributed by atoms with E-state index in [0.717, 1.165) is 35.4 Å². The minimum Gasteiger partial charge on any atom is -0.493 e. The summed E-state index contributed by atoms with van der Waals surface area (Å²) < 4.78 is 11.8. The number of halogens is 2. The van der Waals surface area contributed by atoms with Gasteiger partial charge in [-0.05, 0) is 47.4 Å². The molecule has 7 heteroatoms. The number of ketones is 2. The summed E-state index contributed by atoms with van der Waals surface area (Å²) >= 11 is 13.1. The molecule has 2 aromatic rings. The van der Waals surface area contributed by atoms with Crippen LogP contribution in [0.2, 0.25) is 10.0 Å². The highest BCUT2D eigenvalue weighted by atomic mass is 35.5. The van der Waals surface area contributed by atoms with Crippen LogP contribution in [0, 0.1) is 10.8 Å². The lowest BCUT2D eigenvalue weighted by Crippen LogP contribution is -2.43. The van der Waals surface area contributed by atoms with Crippen molar-refractivity contribution in [2.75, 3.05) is 14.2 Å². The van der Waals surface area contributed by atoms with Gasteiger partial charge in [0.1, 0.15) is 6.61 Å². The molecule has 5 rings (SSSR count). The SMILES string of the molecule is COc1cc(C2C3=C(CC(C)(C)CC3=O)N(C)C3=C2C(=O)CC(C)(C)C3)cc(Cl)c1OCc1ccccc1Cl. The van der Waals surface area contributed by atoms with E-state index in [4.69, 9.17) is 32.7 Å². The molecule has 2 aliphatic carbocycles. The van der Waals surface area contributed by atoms with Crippen LogP contribution in [0.1, 0.15) is 70.4 Å². The lowest BCUT2D eigenvalue weighted by Gasteiger charge is -2.48. The molecule has 39 heavy (non-hydrogen) atoms. The third kappa shape index (κ3) is 5.12. The Kier molecular flexibility index (Phi) is 7.13. The van der Waals surface area contributed by atoms with Crippen molar-refractivity contribution in [1.82, 2.24) is 4.90 Å². The first-order valence-electron chi connectivity index (χ1n) is 13.3. The van der Waals surface area contributed by atoms with E-state index in [1.54, 1.807) is 7.11 Å². The average molecular weight is 569 g/mol. The predicted octanol–water partition coefficient (Wildman–Crippen LogP) is 7.90. The summed E-state index contributed by atoms with van der Waals surface area (Å²) in [4.78, 5) is 29.6. The molecule has 0 N–H and O–H groups in total. The van der Waals surface area contributed by atoms with Crippen LogP contribution >= 0.6 is 23.2 Å². The number of hydrogen-bond donors (Lipinski definition) is 0. The second kappa shape index (κ2) is 10.0. The number of hydrogen-bond acceptors (Lipinski definition) is 5. The van der Waals surface area contributed by atoms with Gasteiger partial charge in [-0.1, -0.05) is 69.1 Å². The van der Waals surface area contributed by atoms with E-state index in [9.17, 15) is 9.59 Å². The van der Waals surface area contributed by atoms with Gasteiger partial charge in [-0.15, -0.1) is 0 Å².